The van der Waals surface area contributed by atoms with Gasteiger partial charge < -0.3 is 16.0 Å². The topological polar surface area (TPSA) is 70.9 Å². The Morgan fingerprint density at radius 2 is 2.33 bits per heavy atom. The molecule has 0 aliphatic carbocycles. The first-order valence-corrected chi connectivity index (χ1v) is 4.87. The van der Waals surface area contributed by atoms with Gasteiger partial charge in [-0.05, 0) is 12.1 Å². The van der Waals surface area contributed by atoms with Crippen LogP contribution in [0.25, 0.3) is 10.9 Å². The molecule has 0 bridgehead atoms. The number of hydrogen-bond donors (Lipinski definition) is 3. The third-order valence-electron chi connectivity index (χ3n) is 2.28. The number of amides is 1. The van der Waals surface area contributed by atoms with Crippen molar-refractivity contribution in [2.45, 2.75) is 13.3 Å². The van der Waals surface area contributed by atoms with Crippen molar-refractivity contribution in [1.82, 2.24) is 4.98 Å². The van der Waals surface area contributed by atoms with Crippen molar-refractivity contribution in [3.8, 4) is 0 Å². The molecular formula is C11H13N3O. The molecule has 78 valence electrons. The SMILES string of the molecule is CCC(=O)Nc1cc2cccc(N)c2[nH]1. The summed E-state index contributed by atoms with van der Waals surface area (Å²) in [5.41, 5.74) is 7.34. The van der Waals surface area contributed by atoms with Crippen molar-refractivity contribution < 1.29 is 4.79 Å². The second-order valence-corrected chi connectivity index (χ2v) is 3.40. The second-order valence-electron chi connectivity index (χ2n) is 3.40. The standard InChI is InChI=1S/C11H13N3O/c1-2-10(15)13-9-6-7-4-3-5-8(12)11(7)14-9/h3-6,14H,2,12H2,1H3,(H,13,15). The van der Waals surface area contributed by atoms with Crippen LogP contribution >= 0.6 is 0 Å². The number of para-hydroxylation sites is 1. The average molecular weight is 203 g/mol. The van der Waals surface area contributed by atoms with Gasteiger partial charge in [-0.3, -0.25) is 4.79 Å². The van der Waals surface area contributed by atoms with E-state index < -0.39 is 0 Å². The molecule has 0 atom stereocenters. The number of carbonyl (C=O) groups excluding carboxylic acids is 1. The van der Waals surface area contributed by atoms with Crippen molar-refractivity contribution in [3.63, 3.8) is 0 Å². The first kappa shape index (κ1) is 9.58. The summed E-state index contributed by atoms with van der Waals surface area (Å²) >= 11 is 0. The van der Waals surface area contributed by atoms with Crippen LogP contribution in [0.5, 0.6) is 0 Å². The predicted molar refractivity (Wildman–Crippen MR) is 61.6 cm³/mol. The van der Waals surface area contributed by atoms with Crippen LogP contribution in [0.15, 0.2) is 24.3 Å². The maximum absolute atomic E-state index is 11.2. The number of rotatable bonds is 2. The molecule has 4 nitrogen and oxygen atoms in total. The number of nitrogens with two attached hydrogens (primary N) is 1. The normalized spacial score (nSPS) is 10.5. The fourth-order valence-electron chi connectivity index (χ4n) is 1.49. The molecule has 1 aromatic carbocycles. The zero-order valence-corrected chi connectivity index (χ0v) is 8.50. The van der Waals surface area contributed by atoms with Crippen molar-refractivity contribution in [3.05, 3.63) is 24.3 Å². The third-order valence-corrected chi connectivity index (χ3v) is 2.28. The van der Waals surface area contributed by atoms with E-state index in [1.54, 1.807) is 0 Å². The molecule has 4 heteroatoms. The Balaban J connectivity index is 2.39. The molecular weight excluding hydrogens is 190 g/mol. The number of aromatic nitrogens is 1. The molecule has 4 N–H and O–H groups in total. The molecule has 0 saturated carbocycles. The van der Waals surface area contributed by atoms with Crippen molar-refractivity contribution in [1.29, 1.82) is 0 Å². The van der Waals surface area contributed by atoms with Crippen LogP contribution < -0.4 is 11.1 Å². The van der Waals surface area contributed by atoms with Crippen LogP contribution in [0.2, 0.25) is 0 Å². The lowest BCUT2D eigenvalue weighted by atomic mass is 10.2. The van der Waals surface area contributed by atoms with Gasteiger partial charge in [-0.1, -0.05) is 19.1 Å². The van der Waals surface area contributed by atoms with Gasteiger partial charge >= 0.3 is 0 Å². The van der Waals surface area contributed by atoms with Gasteiger partial charge in [-0.15, -0.1) is 0 Å². The highest BCUT2D eigenvalue weighted by Gasteiger charge is 2.04. The molecule has 2 rings (SSSR count). The van der Waals surface area contributed by atoms with Gasteiger partial charge in [0.05, 0.1) is 11.2 Å². The molecule has 1 aromatic heterocycles. The lowest BCUT2D eigenvalue weighted by molar-refractivity contribution is -0.115. The van der Waals surface area contributed by atoms with E-state index in [9.17, 15) is 4.79 Å². The molecule has 1 amide bonds. The summed E-state index contributed by atoms with van der Waals surface area (Å²) in [6.45, 7) is 1.81. The van der Waals surface area contributed by atoms with Crippen molar-refractivity contribution >= 4 is 28.3 Å². The molecule has 0 saturated heterocycles. The summed E-state index contributed by atoms with van der Waals surface area (Å²) in [5.74, 6) is 0.676. The molecule has 2 aromatic rings. The highest BCUT2D eigenvalue weighted by Crippen LogP contribution is 2.23. The summed E-state index contributed by atoms with van der Waals surface area (Å²) in [6.07, 6.45) is 0.463. The van der Waals surface area contributed by atoms with Crippen LogP contribution in [0.4, 0.5) is 11.5 Å². The van der Waals surface area contributed by atoms with Gasteiger partial charge in [0.1, 0.15) is 5.82 Å². The van der Waals surface area contributed by atoms with Gasteiger partial charge in [0.25, 0.3) is 0 Å². The van der Waals surface area contributed by atoms with Crippen LogP contribution in [-0.2, 0) is 4.79 Å². The molecule has 0 aliphatic heterocycles. The zero-order chi connectivity index (χ0) is 10.8. The first-order valence-electron chi connectivity index (χ1n) is 4.87. The van der Waals surface area contributed by atoms with Crippen LogP contribution in [0, 0.1) is 0 Å². The number of fused-ring (bicyclic) bond motifs is 1. The Labute approximate surface area is 87.5 Å². The van der Waals surface area contributed by atoms with Crippen molar-refractivity contribution in [2.75, 3.05) is 11.1 Å². The maximum Gasteiger partial charge on any atom is 0.225 e. The minimum absolute atomic E-state index is 0.0138. The Morgan fingerprint density at radius 3 is 3.00 bits per heavy atom. The average Bonchev–Trinajstić information content (AvgIpc) is 2.62. The number of anilines is 2. The number of H-pyrrole nitrogens is 1. The van der Waals surface area contributed by atoms with Gasteiger partial charge in [0.2, 0.25) is 5.91 Å². The molecule has 0 spiro atoms. The van der Waals surface area contributed by atoms with Gasteiger partial charge in [-0.25, -0.2) is 0 Å². The number of benzene rings is 1. The van der Waals surface area contributed by atoms with E-state index >= 15 is 0 Å². The van der Waals surface area contributed by atoms with Crippen molar-refractivity contribution in [2.24, 2.45) is 0 Å². The number of hydrogen-bond acceptors (Lipinski definition) is 2. The monoisotopic (exact) mass is 203 g/mol. The van der Waals surface area contributed by atoms with Gasteiger partial charge in [0.15, 0.2) is 0 Å². The number of aromatic amines is 1. The first-order chi connectivity index (χ1) is 7.20. The third kappa shape index (κ3) is 1.79. The summed E-state index contributed by atoms with van der Waals surface area (Å²) in [4.78, 5) is 14.3. The largest absolute Gasteiger partial charge is 0.397 e. The quantitative estimate of drug-likeness (QED) is 0.654. The maximum atomic E-state index is 11.2. The minimum Gasteiger partial charge on any atom is -0.397 e. The van der Waals surface area contributed by atoms with E-state index in [1.165, 1.54) is 0 Å². The molecule has 0 radical (unpaired) electrons. The molecule has 15 heavy (non-hydrogen) atoms. The van der Waals surface area contributed by atoms with E-state index in [2.05, 4.69) is 10.3 Å². The van der Waals surface area contributed by atoms with Gasteiger partial charge in [-0.2, -0.15) is 0 Å². The Bertz CT molecular complexity index is 502. The Morgan fingerprint density at radius 1 is 1.53 bits per heavy atom. The molecule has 0 unspecified atom stereocenters. The highest BCUT2D eigenvalue weighted by atomic mass is 16.1. The van der Waals surface area contributed by atoms with Gasteiger partial charge in [0, 0.05) is 11.8 Å². The number of nitrogen functional groups attached to an aromatic ring is 1. The molecule has 0 aliphatic rings. The summed E-state index contributed by atoms with van der Waals surface area (Å²) in [7, 11) is 0. The van der Waals surface area contributed by atoms with E-state index in [0.717, 1.165) is 10.9 Å². The van der Waals surface area contributed by atoms with E-state index in [1.807, 2.05) is 31.2 Å². The number of carbonyl (C=O) groups is 1. The smallest absolute Gasteiger partial charge is 0.225 e. The summed E-state index contributed by atoms with van der Waals surface area (Å²) in [6, 6.07) is 7.53. The Kier molecular flexibility index (Phi) is 2.33. The second kappa shape index (κ2) is 3.65. The van der Waals surface area contributed by atoms with Crippen LogP contribution in [0.1, 0.15) is 13.3 Å². The predicted octanol–water partition coefficient (Wildman–Crippen LogP) is 2.10. The fourth-order valence-corrected chi connectivity index (χ4v) is 1.49. The van der Waals surface area contributed by atoms with Crippen LogP contribution in [0.3, 0.4) is 0 Å². The highest BCUT2D eigenvalue weighted by molar-refractivity contribution is 5.97. The summed E-state index contributed by atoms with van der Waals surface area (Å²) < 4.78 is 0. The molecule has 0 fully saturated rings. The van der Waals surface area contributed by atoms with E-state index in [-0.39, 0.29) is 5.91 Å². The van der Waals surface area contributed by atoms with Crippen LogP contribution in [-0.4, -0.2) is 10.9 Å². The minimum atomic E-state index is -0.0138. The summed E-state index contributed by atoms with van der Waals surface area (Å²) in [5, 5.41) is 3.76. The Hall–Kier alpha value is -1.97. The molecule has 1 heterocycles. The fraction of sp³-hybridized carbons (Fsp3) is 0.182. The van der Waals surface area contributed by atoms with E-state index in [0.29, 0.717) is 17.9 Å². The zero-order valence-electron chi connectivity index (χ0n) is 8.50. The number of nitrogens with one attached hydrogen (secondary N) is 2. The lowest BCUT2D eigenvalue weighted by Crippen LogP contribution is -2.09. The lowest BCUT2D eigenvalue weighted by Gasteiger charge is -1.98. The van der Waals surface area contributed by atoms with E-state index in [4.69, 9.17) is 5.73 Å².